The fourth-order valence-corrected chi connectivity index (χ4v) is 4.76. The number of nitrogens with one attached hydrogen (secondary N) is 2. The summed E-state index contributed by atoms with van der Waals surface area (Å²) in [7, 11) is 3.94. The summed E-state index contributed by atoms with van der Waals surface area (Å²) >= 11 is 6.57. The van der Waals surface area contributed by atoms with Gasteiger partial charge in [-0.3, -0.25) is 9.78 Å². The van der Waals surface area contributed by atoms with Gasteiger partial charge < -0.3 is 29.5 Å². The normalized spacial score (nSPS) is 12.8. The van der Waals surface area contributed by atoms with Crippen LogP contribution < -0.4 is 20.1 Å². The quantitative estimate of drug-likeness (QED) is 0.177. The summed E-state index contributed by atoms with van der Waals surface area (Å²) in [5.41, 5.74) is 3.35. The Labute approximate surface area is 249 Å². The third-order valence-electron chi connectivity index (χ3n) is 6.81. The number of carbonyl (C=O) groups is 1. The molecule has 42 heavy (non-hydrogen) atoms. The molecule has 0 saturated heterocycles. The van der Waals surface area contributed by atoms with E-state index in [4.69, 9.17) is 25.6 Å². The molecule has 2 N–H and O–H groups in total. The first kappa shape index (κ1) is 29.2. The van der Waals surface area contributed by atoms with Gasteiger partial charge in [-0.05, 0) is 71.1 Å². The maximum Gasteiger partial charge on any atom is 0.224 e. The molecule has 11 heteroatoms. The summed E-state index contributed by atoms with van der Waals surface area (Å²) in [5, 5.41) is 21.3. The average Bonchev–Trinajstić information content (AvgIpc) is 3.70. The maximum atomic E-state index is 12.7. The van der Waals surface area contributed by atoms with E-state index in [1.54, 1.807) is 24.3 Å². The predicted octanol–water partition coefficient (Wildman–Crippen LogP) is 6.63. The fraction of sp³-hybridized carbons (Fsp3) is 0.355. The van der Waals surface area contributed by atoms with Gasteiger partial charge in [0.1, 0.15) is 35.6 Å². The highest BCUT2D eigenvalue weighted by Crippen LogP contribution is 2.40. The van der Waals surface area contributed by atoms with E-state index in [0.29, 0.717) is 74.7 Å². The minimum Gasteiger partial charge on any atom is -0.492 e. The van der Waals surface area contributed by atoms with Gasteiger partial charge >= 0.3 is 0 Å². The van der Waals surface area contributed by atoms with E-state index in [2.05, 4.69) is 26.8 Å². The minimum atomic E-state index is -0.118. The molecule has 1 amide bonds. The standard InChI is InChI=1S/C31H33ClN6O4/c1-4-40-29-15-25-23(14-26(29)36-30(39)6-5-11-38(2)3)31(20(16-33)17-34-25)35-21-9-10-27(24(32)12-21)41-18-22-13-28(42-37-22)19-7-8-19/h9-10,12-15,17,19H,4-8,11,18H2,1-3H3,(H,34,35)(H,36,39). The molecule has 1 aliphatic rings. The second-order valence-corrected chi connectivity index (χ2v) is 10.9. The average molecular weight is 589 g/mol. The lowest BCUT2D eigenvalue weighted by atomic mass is 10.1. The monoisotopic (exact) mass is 588 g/mol. The Morgan fingerprint density at radius 1 is 1.19 bits per heavy atom. The summed E-state index contributed by atoms with van der Waals surface area (Å²) in [4.78, 5) is 19.2. The van der Waals surface area contributed by atoms with Crippen molar-refractivity contribution in [3.05, 3.63) is 64.6 Å². The van der Waals surface area contributed by atoms with E-state index in [1.165, 1.54) is 6.20 Å². The highest BCUT2D eigenvalue weighted by Gasteiger charge is 2.28. The van der Waals surface area contributed by atoms with Crippen molar-refractivity contribution in [2.24, 2.45) is 0 Å². The summed E-state index contributed by atoms with van der Waals surface area (Å²) in [6, 6.07) is 13.0. The van der Waals surface area contributed by atoms with Crippen LogP contribution >= 0.6 is 11.6 Å². The zero-order valence-electron chi connectivity index (χ0n) is 23.9. The molecule has 2 aromatic carbocycles. The number of amides is 1. The van der Waals surface area contributed by atoms with E-state index < -0.39 is 0 Å². The van der Waals surface area contributed by atoms with Crippen LogP contribution in [0.5, 0.6) is 11.5 Å². The molecule has 0 aliphatic heterocycles. The highest BCUT2D eigenvalue weighted by molar-refractivity contribution is 6.32. The van der Waals surface area contributed by atoms with E-state index in [9.17, 15) is 10.1 Å². The van der Waals surface area contributed by atoms with Crippen molar-refractivity contribution in [1.29, 1.82) is 5.26 Å². The molecule has 1 aliphatic carbocycles. The number of ether oxygens (including phenoxy) is 2. The van der Waals surface area contributed by atoms with Gasteiger partial charge in [-0.25, -0.2) is 0 Å². The molecular formula is C31H33ClN6O4. The fourth-order valence-electron chi connectivity index (χ4n) is 4.53. The molecule has 2 aromatic heterocycles. The number of halogens is 1. The third kappa shape index (κ3) is 7.11. The molecular weight excluding hydrogens is 556 g/mol. The number of hydrogen-bond acceptors (Lipinski definition) is 9. The van der Waals surface area contributed by atoms with Crippen LogP contribution in [0.3, 0.4) is 0 Å². The van der Waals surface area contributed by atoms with E-state index in [-0.39, 0.29) is 12.5 Å². The Balaban J connectivity index is 1.37. The number of aromatic nitrogens is 2. The lowest BCUT2D eigenvalue weighted by molar-refractivity contribution is -0.116. The summed E-state index contributed by atoms with van der Waals surface area (Å²) < 4.78 is 17.1. The number of nitrogens with zero attached hydrogens (tertiary/aromatic N) is 4. The van der Waals surface area contributed by atoms with Crippen LogP contribution in [0.2, 0.25) is 5.02 Å². The summed E-state index contributed by atoms with van der Waals surface area (Å²) in [6.07, 6.45) is 4.87. The van der Waals surface area contributed by atoms with Crippen molar-refractivity contribution < 1.29 is 18.8 Å². The molecule has 5 rings (SSSR count). The highest BCUT2D eigenvalue weighted by atomic mass is 35.5. The molecule has 10 nitrogen and oxygen atoms in total. The van der Waals surface area contributed by atoms with Gasteiger partial charge in [-0.1, -0.05) is 16.8 Å². The van der Waals surface area contributed by atoms with Crippen molar-refractivity contribution in [2.75, 3.05) is 37.9 Å². The molecule has 0 spiro atoms. The Hall–Kier alpha value is -4.33. The minimum absolute atomic E-state index is 0.118. The first-order chi connectivity index (χ1) is 20.3. The van der Waals surface area contributed by atoms with Gasteiger partial charge in [0.05, 0.1) is 34.1 Å². The smallest absolute Gasteiger partial charge is 0.224 e. The number of pyridine rings is 1. The molecule has 1 saturated carbocycles. The third-order valence-corrected chi connectivity index (χ3v) is 7.10. The predicted molar refractivity (Wildman–Crippen MR) is 162 cm³/mol. The van der Waals surface area contributed by atoms with E-state index >= 15 is 0 Å². The SMILES string of the molecule is CCOc1cc2ncc(C#N)c(Nc3ccc(OCc4cc(C5CC5)on4)c(Cl)c3)c2cc1NC(=O)CCCN(C)C. The van der Waals surface area contributed by atoms with Crippen LogP contribution in [0.25, 0.3) is 10.9 Å². The van der Waals surface area contributed by atoms with Crippen molar-refractivity contribution in [3.63, 3.8) is 0 Å². The van der Waals surface area contributed by atoms with Crippen LogP contribution in [0.1, 0.15) is 55.5 Å². The van der Waals surface area contributed by atoms with Gasteiger partial charge in [-0.15, -0.1) is 0 Å². The Kier molecular flexibility index (Phi) is 9.10. The van der Waals surface area contributed by atoms with Gasteiger partial charge in [0, 0.05) is 41.7 Å². The van der Waals surface area contributed by atoms with Crippen LogP contribution in [0.4, 0.5) is 17.1 Å². The lowest BCUT2D eigenvalue weighted by Crippen LogP contribution is -2.17. The number of hydrogen-bond donors (Lipinski definition) is 2. The van der Waals surface area contributed by atoms with Gasteiger partial charge in [0.25, 0.3) is 0 Å². The van der Waals surface area contributed by atoms with Crippen LogP contribution in [0.15, 0.2) is 47.1 Å². The zero-order valence-corrected chi connectivity index (χ0v) is 24.6. The van der Waals surface area contributed by atoms with Crippen molar-refractivity contribution in [2.45, 2.75) is 45.1 Å². The molecule has 2 heterocycles. The second-order valence-electron chi connectivity index (χ2n) is 10.5. The number of rotatable bonds is 13. The van der Waals surface area contributed by atoms with E-state index in [1.807, 2.05) is 38.1 Å². The topological polar surface area (TPSA) is 126 Å². The Bertz CT molecular complexity index is 1630. The summed E-state index contributed by atoms with van der Waals surface area (Å²) in [5.74, 6) is 2.27. The zero-order chi connectivity index (χ0) is 29.6. The molecule has 0 bridgehead atoms. The van der Waals surface area contributed by atoms with Crippen molar-refractivity contribution in [1.82, 2.24) is 15.0 Å². The Morgan fingerprint density at radius 2 is 2.02 bits per heavy atom. The van der Waals surface area contributed by atoms with Gasteiger partial charge in [0.2, 0.25) is 5.91 Å². The lowest BCUT2D eigenvalue weighted by Gasteiger charge is -2.17. The number of fused-ring (bicyclic) bond motifs is 1. The molecule has 1 fully saturated rings. The molecule has 0 unspecified atom stereocenters. The first-order valence-electron chi connectivity index (χ1n) is 13.9. The van der Waals surface area contributed by atoms with Gasteiger partial charge in [-0.2, -0.15) is 5.26 Å². The van der Waals surface area contributed by atoms with Gasteiger partial charge in [0.15, 0.2) is 0 Å². The number of anilines is 3. The molecule has 218 valence electrons. The summed E-state index contributed by atoms with van der Waals surface area (Å²) in [6.45, 7) is 3.34. The van der Waals surface area contributed by atoms with Crippen molar-refractivity contribution in [3.8, 4) is 17.6 Å². The Morgan fingerprint density at radius 3 is 2.74 bits per heavy atom. The number of nitriles is 1. The molecule has 0 atom stereocenters. The number of carbonyl (C=O) groups excluding carboxylic acids is 1. The molecule has 4 aromatic rings. The van der Waals surface area contributed by atoms with Crippen LogP contribution in [0, 0.1) is 11.3 Å². The second kappa shape index (κ2) is 13.1. The van der Waals surface area contributed by atoms with Crippen molar-refractivity contribution >= 4 is 45.5 Å². The van der Waals surface area contributed by atoms with E-state index in [0.717, 1.165) is 31.6 Å². The van der Waals surface area contributed by atoms with Crippen LogP contribution in [-0.2, 0) is 11.4 Å². The van der Waals surface area contributed by atoms with Crippen LogP contribution in [-0.4, -0.2) is 48.2 Å². The first-order valence-corrected chi connectivity index (χ1v) is 14.3. The maximum absolute atomic E-state index is 12.7. The number of benzene rings is 2. The molecule has 0 radical (unpaired) electrons. The largest absolute Gasteiger partial charge is 0.492 e.